The fourth-order valence-corrected chi connectivity index (χ4v) is 3.00. The standard InChI is InChI=1S/C17H25N3O2/c1-11-4-3-5-15(12(11)2)20-16(21)14-8-6-13(7-9-14)10-19-17(18)22/h6-9,11-12,15H,3-5,10H2,1-2H3,(H,20,21)(H3,18,19,22). The molecule has 0 radical (unpaired) electrons. The summed E-state index contributed by atoms with van der Waals surface area (Å²) in [4.78, 5) is 23.0. The lowest BCUT2D eigenvalue weighted by Gasteiger charge is -2.34. The maximum atomic E-state index is 12.3. The van der Waals surface area contributed by atoms with E-state index >= 15 is 0 Å². The summed E-state index contributed by atoms with van der Waals surface area (Å²) in [6.07, 6.45) is 3.47. The Morgan fingerprint density at radius 1 is 1.18 bits per heavy atom. The molecule has 3 atom stereocenters. The second-order valence-electron chi connectivity index (χ2n) is 6.26. The number of amides is 3. The van der Waals surface area contributed by atoms with E-state index in [9.17, 15) is 9.59 Å². The summed E-state index contributed by atoms with van der Waals surface area (Å²) in [6.45, 7) is 4.84. The summed E-state index contributed by atoms with van der Waals surface area (Å²) in [5.41, 5.74) is 6.59. The molecule has 120 valence electrons. The van der Waals surface area contributed by atoms with E-state index in [0.29, 0.717) is 23.9 Å². The fourth-order valence-electron chi connectivity index (χ4n) is 3.00. The molecule has 3 unspecified atom stereocenters. The first-order chi connectivity index (χ1) is 10.5. The highest BCUT2D eigenvalue weighted by molar-refractivity contribution is 5.94. The Balaban J connectivity index is 1.93. The number of benzene rings is 1. The van der Waals surface area contributed by atoms with Gasteiger partial charge < -0.3 is 16.4 Å². The molecule has 22 heavy (non-hydrogen) atoms. The Morgan fingerprint density at radius 3 is 2.50 bits per heavy atom. The van der Waals surface area contributed by atoms with Crippen LogP contribution < -0.4 is 16.4 Å². The average Bonchev–Trinajstić information content (AvgIpc) is 2.50. The minimum absolute atomic E-state index is 0.0274. The van der Waals surface area contributed by atoms with Gasteiger partial charge in [-0.15, -0.1) is 0 Å². The molecule has 0 bridgehead atoms. The van der Waals surface area contributed by atoms with Gasteiger partial charge in [0, 0.05) is 18.2 Å². The average molecular weight is 303 g/mol. The van der Waals surface area contributed by atoms with E-state index in [1.165, 1.54) is 12.8 Å². The van der Waals surface area contributed by atoms with Crippen molar-refractivity contribution in [3.63, 3.8) is 0 Å². The number of carbonyl (C=O) groups is 2. The van der Waals surface area contributed by atoms with E-state index in [4.69, 9.17) is 5.73 Å². The molecule has 1 saturated carbocycles. The van der Waals surface area contributed by atoms with Crippen LogP contribution in [-0.2, 0) is 6.54 Å². The molecule has 2 rings (SSSR count). The van der Waals surface area contributed by atoms with Crippen molar-refractivity contribution in [2.24, 2.45) is 17.6 Å². The molecule has 0 aliphatic heterocycles. The van der Waals surface area contributed by atoms with Crippen LogP contribution in [-0.4, -0.2) is 18.0 Å². The number of nitrogens with two attached hydrogens (primary N) is 1. The maximum absolute atomic E-state index is 12.3. The molecule has 1 aromatic carbocycles. The SMILES string of the molecule is CC1CCCC(NC(=O)c2ccc(CNC(N)=O)cc2)C1C. The normalized spacial score (nSPS) is 24.5. The maximum Gasteiger partial charge on any atom is 0.312 e. The number of rotatable bonds is 4. The zero-order chi connectivity index (χ0) is 16.1. The van der Waals surface area contributed by atoms with Gasteiger partial charge in [-0.2, -0.15) is 0 Å². The van der Waals surface area contributed by atoms with Gasteiger partial charge in [-0.3, -0.25) is 4.79 Å². The first kappa shape index (κ1) is 16.3. The van der Waals surface area contributed by atoms with Crippen LogP contribution in [0, 0.1) is 11.8 Å². The summed E-state index contributed by atoms with van der Waals surface area (Å²) in [5.74, 6) is 1.14. The van der Waals surface area contributed by atoms with E-state index < -0.39 is 6.03 Å². The molecule has 0 saturated heterocycles. The van der Waals surface area contributed by atoms with Crippen LogP contribution in [0.2, 0.25) is 0 Å². The van der Waals surface area contributed by atoms with Crippen LogP contribution in [0.25, 0.3) is 0 Å². The molecule has 1 fully saturated rings. The number of nitrogens with one attached hydrogen (secondary N) is 2. The number of hydrogen-bond acceptors (Lipinski definition) is 2. The Labute approximate surface area is 131 Å². The zero-order valence-corrected chi connectivity index (χ0v) is 13.3. The van der Waals surface area contributed by atoms with Gasteiger partial charge in [-0.1, -0.05) is 38.8 Å². The van der Waals surface area contributed by atoms with Gasteiger partial charge in [-0.25, -0.2) is 4.79 Å². The van der Waals surface area contributed by atoms with E-state index in [1.807, 2.05) is 12.1 Å². The zero-order valence-electron chi connectivity index (χ0n) is 13.3. The van der Waals surface area contributed by atoms with Crippen molar-refractivity contribution >= 4 is 11.9 Å². The lowest BCUT2D eigenvalue weighted by Crippen LogP contribution is -2.43. The van der Waals surface area contributed by atoms with E-state index in [-0.39, 0.29) is 11.9 Å². The molecular weight excluding hydrogens is 278 g/mol. The quantitative estimate of drug-likeness (QED) is 0.798. The van der Waals surface area contributed by atoms with Crippen LogP contribution in [0.5, 0.6) is 0 Å². The van der Waals surface area contributed by atoms with Gasteiger partial charge >= 0.3 is 6.03 Å². The monoisotopic (exact) mass is 303 g/mol. The van der Waals surface area contributed by atoms with Crippen molar-refractivity contribution in [1.29, 1.82) is 0 Å². The highest BCUT2D eigenvalue weighted by Crippen LogP contribution is 2.29. The third-order valence-electron chi connectivity index (χ3n) is 4.71. The first-order valence-electron chi connectivity index (χ1n) is 7.90. The predicted octanol–water partition coefficient (Wildman–Crippen LogP) is 2.41. The minimum Gasteiger partial charge on any atom is -0.352 e. The van der Waals surface area contributed by atoms with Crippen molar-refractivity contribution in [1.82, 2.24) is 10.6 Å². The van der Waals surface area contributed by atoms with Crippen LogP contribution >= 0.6 is 0 Å². The lowest BCUT2D eigenvalue weighted by molar-refractivity contribution is 0.0891. The molecule has 0 aromatic heterocycles. The summed E-state index contributed by atoms with van der Waals surface area (Å²) in [5, 5.41) is 5.68. The van der Waals surface area contributed by atoms with Gasteiger partial charge in [0.15, 0.2) is 0 Å². The van der Waals surface area contributed by atoms with Gasteiger partial charge in [0.05, 0.1) is 0 Å². The number of carbonyl (C=O) groups excluding carboxylic acids is 2. The Hall–Kier alpha value is -2.04. The Morgan fingerprint density at radius 2 is 1.86 bits per heavy atom. The van der Waals surface area contributed by atoms with E-state index in [2.05, 4.69) is 24.5 Å². The summed E-state index contributed by atoms with van der Waals surface area (Å²) >= 11 is 0. The van der Waals surface area contributed by atoms with Gasteiger partial charge in [0.2, 0.25) is 0 Å². The lowest BCUT2D eigenvalue weighted by atomic mass is 9.78. The highest BCUT2D eigenvalue weighted by Gasteiger charge is 2.28. The molecule has 1 aliphatic rings. The molecular formula is C17H25N3O2. The second-order valence-corrected chi connectivity index (χ2v) is 6.26. The minimum atomic E-state index is -0.553. The van der Waals surface area contributed by atoms with Crippen molar-refractivity contribution < 1.29 is 9.59 Å². The summed E-state index contributed by atoms with van der Waals surface area (Å²) in [7, 11) is 0. The first-order valence-corrected chi connectivity index (χ1v) is 7.90. The predicted molar refractivity (Wildman–Crippen MR) is 86.3 cm³/mol. The van der Waals surface area contributed by atoms with Crippen LogP contribution in [0.1, 0.15) is 49.0 Å². The molecule has 5 heteroatoms. The third-order valence-corrected chi connectivity index (χ3v) is 4.71. The Bertz CT molecular complexity index is 527. The molecule has 0 spiro atoms. The third kappa shape index (κ3) is 4.23. The van der Waals surface area contributed by atoms with Gasteiger partial charge in [0.1, 0.15) is 0 Å². The van der Waals surface area contributed by atoms with Crippen molar-refractivity contribution in [3.8, 4) is 0 Å². The molecule has 4 N–H and O–H groups in total. The summed E-state index contributed by atoms with van der Waals surface area (Å²) in [6, 6.07) is 6.93. The molecule has 3 amide bonds. The summed E-state index contributed by atoms with van der Waals surface area (Å²) < 4.78 is 0. The van der Waals surface area contributed by atoms with Crippen molar-refractivity contribution in [2.45, 2.75) is 45.7 Å². The topological polar surface area (TPSA) is 84.2 Å². The van der Waals surface area contributed by atoms with E-state index in [0.717, 1.165) is 12.0 Å². The molecule has 1 aromatic rings. The van der Waals surface area contributed by atoms with Crippen LogP contribution in [0.3, 0.4) is 0 Å². The smallest absolute Gasteiger partial charge is 0.312 e. The molecule has 5 nitrogen and oxygen atoms in total. The number of primary amides is 1. The number of urea groups is 1. The largest absolute Gasteiger partial charge is 0.352 e. The van der Waals surface area contributed by atoms with Gasteiger partial charge in [-0.05, 0) is 36.0 Å². The van der Waals surface area contributed by atoms with Crippen LogP contribution in [0.15, 0.2) is 24.3 Å². The molecule has 1 aliphatic carbocycles. The fraction of sp³-hybridized carbons (Fsp3) is 0.529. The van der Waals surface area contributed by atoms with E-state index in [1.54, 1.807) is 12.1 Å². The highest BCUT2D eigenvalue weighted by atomic mass is 16.2. The van der Waals surface area contributed by atoms with Crippen molar-refractivity contribution in [2.75, 3.05) is 0 Å². The second kappa shape index (κ2) is 7.29. The van der Waals surface area contributed by atoms with Crippen LogP contribution in [0.4, 0.5) is 4.79 Å². The van der Waals surface area contributed by atoms with Crippen molar-refractivity contribution in [3.05, 3.63) is 35.4 Å². The number of hydrogen-bond donors (Lipinski definition) is 3. The Kier molecular flexibility index (Phi) is 5.41. The molecule has 0 heterocycles. The van der Waals surface area contributed by atoms with Gasteiger partial charge in [0.25, 0.3) is 5.91 Å².